The molecule has 0 unspecified atom stereocenters. The van der Waals surface area contributed by atoms with Crippen LogP contribution in [0.15, 0.2) is 18.2 Å². The van der Waals surface area contributed by atoms with Gasteiger partial charge in [-0.15, -0.1) is 0 Å². The topological polar surface area (TPSA) is 55.6 Å². The molecular formula is C15H24N2O2. The molecule has 4 heteroatoms. The van der Waals surface area contributed by atoms with Gasteiger partial charge in [0, 0.05) is 13.5 Å². The molecule has 0 radical (unpaired) electrons. The standard InChI is InChI=1S/C15H24N2O2/c1-4-12-9-10-14(19-3)13(11-12)7-5-6-8-15(18)17(2)16/h9-11H,4-8,16H2,1-3H3. The molecule has 106 valence electrons. The minimum absolute atomic E-state index is 0.0192. The number of nitrogens with two attached hydrogens (primary N) is 1. The van der Waals surface area contributed by atoms with Gasteiger partial charge in [-0.1, -0.05) is 19.1 Å². The predicted octanol–water partition coefficient (Wildman–Crippen LogP) is 2.30. The van der Waals surface area contributed by atoms with Crippen molar-refractivity contribution >= 4 is 5.91 Å². The summed E-state index contributed by atoms with van der Waals surface area (Å²) in [7, 11) is 3.27. The van der Waals surface area contributed by atoms with Crippen LogP contribution in [-0.4, -0.2) is 25.1 Å². The van der Waals surface area contributed by atoms with Crippen LogP contribution in [0.2, 0.25) is 0 Å². The van der Waals surface area contributed by atoms with Crippen LogP contribution >= 0.6 is 0 Å². The van der Waals surface area contributed by atoms with Crippen molar-refractivity contribution in [1.82, 2.24) is 5.01 Å². The van der Waals surface area contributed by atoms with E-state index in [-0.39, 0.29) is 5.91 Å². The number of carbonyl (C=O) groups excluding carboxylic acids is 1. The third-order valence-corrected chi connectivity index (χ3v) is 3.23. The summed E-state index contributed by atoms with van der Waals surface area (Å²) in [6.07, 6.45) is 4.26. The lowest BCUT2D eigenvalue weighted by Gasteiger charge is -2.11. The third-order valence-electron chi connectivity index (χ3n) is 3.23. The van der Waals surface area contributed by atoms with Gasteiger partial charge in [0.15, 0.2) is 0 Å². The Morgan fingerprint density at radius 3 is 2.68 bits per heavy atom. The minimum atomic E-state index is -0.0192. The fourth-order valence-corrected chi connectivity index (χ4v) is 2.02. The van der Waals surface area contributed by atoms with Crippen molar-refractivity contribution in [3.05, 3.63) is 29.3 Å². The van der Waals surface area contributed by atoms with E-state index in [1.807, 2.05) is 6.07 Å². The first-order valence-electron chi connectivity index (χ1n) is 6.75. The van der Waals surface area contributed by atoms with E-state index in [9.17, 15) is 4.79 Å². The molecule has 2 N–H and O–H groups in total. The Kier molecular flexibility index (Phi) is 6.36. The highest BCUT2D eigenvalue weighted by atomic mass is 16.5. The van der Waals surface area contributed by atoms with Crippen molar-refractivity contribution < 1.29 is 9.53 Å². The number of hydrogen-bond acceptors (Lipinski definition) is 3. The molecular weight excluding hydrogens is 240 g/mol. The molecule has 1 rings (SSSR count). The molecule has 0 bridgehead atoms. The number of hydrogen-bond donors (Lipinski definition) is 1. The maximum absolute atomic E-state index is 11.4. The first-order chi connectivity index (χ1) is 9.08. The number of ether oxygens (including phenoxy) is 1. The SMILES string of the molecule is CCc1ccc(OC)c(CCCCC(=O)N(C)N)c1. The van der Waals surface area contributed by atoms with Gasteiger partial charge in [-0.05, 0) is 42.9 Å². The van der Waals surface area contributed by atoms with E-state index in [4.69, 9.17) is 10.6 Å². The summed E-state index contributed by atoms with van der Waals surface area (Å²) in [5.41, 5.74) is 2.53. The second-order valence-corrected chi connectivity index (χ2v) is 4.71. The van der Waals surface area contributed by atoms with Gasteiger partial charge in [0.25, 0.3) is 0 Å². The zero-order valence-corrected chi connectivity index (χ0v) is 12.1. The molecule has 0 heterocycles. The number of unbranched alkanes of at least 4 members (excludes halogenated alkanes) is 1. The highest BCUT2D eigenvalue weighted by molar-refractivity contribution is 5.75. The molecule has 4 nitrogen and oxygen atoms in total. The van der Waals surface area contributed by atoms with Crippen molar-refractivity contribution in [2.75, 3.05) is 14.2 Å². The Bertz CT molecular complexity index is 417. The zero-order chi connectivity index (χ0) is 14.3. The molecule has 0 aliphatic heterocycles. The van der Waals surface area contributed by atoms with Crippen LogP contribution in [0.4, 0.5) is 0 Å². The Morgan fingerprint density at radius 1 is 1.37 bits per heavy atom. The van der Waals surface area contributed by atoms with Gasteiger partial charge in [-0.25, -0.2) is 5.84 Å². The molecule has 0 spiro atoms. The highest BCUT2D eigenvalue weighted by Gasteiger charge is 2.06. The van der Waals surface area contributed by atoms with Crippen LogP contribution in [0.1, 0.15) is 37.3 Å². The number of nitrogens with zero attached hydrogens (tertiary/aromatic N) is 1. The second kappa shape index (κ2) is 7.79. The third kappa shape index (κ3) is 4.91. The average Bonchev–Trinajstić information content (AvgIpc) is 2.42. The van der Waals surface area contributed by atoms with E-state index >= 15 is 0 Å². The lowest BCUT2D eigenvalue weighted by molar-refractivity contribution is -0.130. The monoisotopic (exact) mass is 264 g/mol. The van der Waals surface area contributed by atoms with E-state index in [0.717, 1.165) is 36.4 Å². The molecule has 0 atom stereocenters. The van der Waals surface area contributed by atoms with Crippen LogP contribution in [0.3, 0.4) is 0 Å². The van der Waals surface area contributed by atoms with Crippen LogP contribution in [0, 0.1) is 0 Å². The van der Waals surface area contributed by atoms with Crippen LogP contribution in [0.25, 0.3) is 0 Å². The molecule has 1 amide bonds. The number of methoxy groups -OCH3 is 1. The fourth-order valence-electron chi connectivity index (χ4n) is 2.02. The Labute approximate surface area is 115 Å². The Balaban J connectivity index is 2.50. The summed E-state index contributed by atoms with van der Waals surface area (Å²) in [6, 6.07) is 6.30. The molecule has 0 aliphatic rings. The summed E-state index contributed by atoms with van der Waals surface area (Å²) in [5, 5.41) is 1.15. The summed E-state index contributed by atoms with van der Waals surface area (Å²) in [6.45, 7) is 2.14. The molecule has 0 fully saturated rings. The van der Waals surface area contributed by atoms with Crippen LogP contribution < -0.4 is 10.6 Å². The number of carbonyl (C=O) groups is 1. The van der Waals surface area contributed by atoms with Gasteiger partial charge in [0.2, 0.25) is 5.91 Å². The molecule has 1 aromatic rings. The number of rotatable bonds is 7. The molecule has 0 aliphatic carbocycles. The Morgan fingerprint density at radius 2 is 2.11 bits per heavy atom. The zero-order valence-electron chi connectivity index (χ0n) is 12.1. The van der Waals surface area contributed by atoms with Gasteiger partial charge in [0.1, 0.15) is 5.75 Å². The van der Waals surface area contributed by atoms with Crippen molar-refractivity contribution in [2.24, 2.45) is 5.84 Å². The normalized spacial score (nSPS) is 10.3. The van der Waals surface area contributed by atoms with Gasteiger partial charge < -0.3 is 4.74 Å². The second-order valence-electron chi connectivity index (χ2n) is 4.71. The Hall–Kier alpha value is -1.55. The fraction of sp³-hybridized carbons (Fsp3) is 0.533. The van der Waals surface area contributed by atoms with E-state index in [1.165, 1.54) is 11.1 Å². The summed E-state index contributed by atoms with van der Waals surface area (Å²) in [5.74, 6) is 6.29. The lowest BCUT2D eigenvalue weighted by Crippen LogP contribution is -2.32. The van der Waals surface area contributed by atoms with Gasteiger partial charge in [-0.3, -0.25) is 9.80 Å². The van der Waals surface area contributed by atoms with Gasteiger partial charge >= 0.3 is 0 Å². The lowest BCUT2D eigenvalue weighted by atomic mass is 10.0. The quantitative estimate of drug-likeness (QED) is 0.356. The first kappa shape index (κ1) is 15.5. The maximum Gasteiger partial charge on any atom is 0.236 e. The van der Waals surface area contributed by atoms with Crippen molar-refractivity contribution in [1.29, 1.82) is 0 Å². The highest BCUT2D eigenvalue weighted by Crippen LogP contribution is 2.22. The van der Waals surface area contributed by atoms with E-state index in [1.54, 1.807) is 14.2 Å². The van der Waals surface area contributed by atoms with E-state index in [2.05, 4.69) is 19.1 Å². The number of aryl methyl sites for hydroxylation is 2. The predicted molar refractivity (Wildman–Crippen MR) is 76.9 cm³/mol. The summed E-state index contributed by atoms with van der Waals surface area (Å²) in [4.78, 5) is 11.4. The minimum Gasteiger partial charge on any atom is -0.496 e. The number of benzene rings is 1. The molecule has 0 saturated carbocycles. The summed E-state index contributed by atoms with van der Waals surface area (Å²) < 4.78 is 5.37. The van der Waals surface area contributed by atoms with Gasteiger partial charge in [-0.2, -0.15) is 0 Å². The van der Waals surface area contributed by atoms with Crippen molar-refractivity contribution in [2.45, 2.75) is 39.0 Å². The van der Waals surface area contributed by atoms with Gasteiger partial charge in [0.05, 0.1) is 7.11 Å². The molecule has 19 heavy (non-hydrogen) atoms. The van der Waals surface area contributed by atoms with E-state index in [0.29, 0.717) is 6.42 Å². The van der Waals surface area contributed by atoms with Crippen LogP contribution in [0.5, 0.6) is 5.75 Å². The molecule has 0 saturated heterocycles. The molecule has 0 aromatic heterocycles. The number of hydrazine groups is 1. The van der Waals surface area contributed by atoms with Crippen LogP contribution in [-0.2, 0) is 17.6 Å². The maximum atomic E-state index is 11.4. The smallest absolute Gasteiger partial charge is 0.236 e. The summed E-state index contributed by atoms with van der Waals surface area (Å²) >= 11 is 0. The average molecular weight is 264 g/mol. The van der Waals surface area contributed by atoms with Crippen molar-refractivity contribution in [3.63, 3.8) is 0 Å². The largest absolute Gasteiger partial charge is 0.496 e. The number of amides is 1. The van der Waals surface area contributed by atoms with Crippen molar-refractivity contribution in [3.8, 4) is 5.75 Å². The molecule has 1 aromatic carbocycles. The van der Waals surface area contributed by atoms with E-state index < -0.39 is 0 Å². The first-order valence-corrected chi connectivity index (χ1v) is 6.75.